The molecule has 0 atom stereocenters. The lowest BCUT2D eigenvalue weighted by Gasteiger charge is -2.27. The third-order valence-electron chi connectivity index (χ3n) is 4.83. The molecular weight excluding hydrogens is 376 g/mol. The fourth-order valence-electron chi connectivity index (χ4n) is 3.39. The molecule has 0 saturated heterocycles. The summed E-state index contributed by atoms with van der Waals surface area (Å²) in [5.74, 6) is -0.855. The zero-order chi connectivity index (χ0) is 21.8. The third-order valence-corrected chi connectivity index (χ3v) is 4.83. The first-order valence-electron chi connectivity index (χ1n) is 9.73. The highest BCUT2D eigenvalue weighted by Gasteiger charge is 2.52. The first kappa shape index (κ1) is 22.6. The molecule has 1 amide bonds. The maximum absolute atomic E-state index is 12.7. The Kier molecular flexibility index (Phi) is 6.87. The quantitative estimate of drug-likeness (QED) is 0.407. The highest BCUT2D eigenvalue weighted by atomic mass is 16.6. The summed E-state index contributed by atoms with van der Waals surface area (Å²) in [6, 6.07) is 1.74. The van der Waals surface area contributed by atoms with Gasteiger partial charge in [0.25, 0.3) is 0 Å². The molecule has 1 aliphatic rings. The number of aromatic nitrogens is 1. The number of anilines is 1. The number of unbranched alkanes of at least 4 members (excludes halogenated alkanes) is 1. The molecule has 8 nitrogen and oxygen atoms in total. The fraction of sp³-hybridized carbons (Fsp3) is 0.619. The van der Waals surface area contributed by atoms with Crippen molar-refractivity contribution in [3.8, 4) is 0 Å². The van der Waals surface area contributed by atoms with Crippen LogP contribution in [-0.2, 0) is 36.6 Å². The SMILES string of the molecule is CCCCN(C(=O)OC(C)(C)C)c1cc2c(cn1)CC(C(=O)OC)(C(=O)OC)C2. The number of carbonyl (C=O) groups excluding carboxylic acids is 3. The predicted molar refractivity (Wildman–Crippen MR) is 107 cm³/mol. The zero-order valence-electron chi connectivity index (χ0n) is 18.0. The number of hydrogen-bond donors (Lipinski definition) is 0. The minimum absolute atomic E-state index is 0.132. The highest BCUT2D eigenvalue weighted by Crippen LogP contribution is 2.40. The van der Waals surface area contributed by atoms with E-state index < -0.39 is 29.0 Å². The van der Waals surface area contributed by atoms with E-state index in [1.807, 2.05) is 6.92 Å². The normalized spacial score (nSPS) is 14.7. The van der Waals surface area contributed by atoms with Gasteiger partial charge in [-0.25, -0.2) is 9.78 Å². The Labute approximate surface area is 171 Å². The van der Waals surface area contributed by atoms with Gasteiger partial charge in [-0.05, 0) is 50.8 Å². The van der Waals surface area contributed by atoms with E-state index in [0.717, 1.165) is 24.0 Å². The van der Waals surface area contributed by atoms with E-state index in [4.69, 9.17) is 14.2 Å². The monoisotopic (exact) mass is 406 g/mol. The number of fused-ring (bicyclic) bond motifs is 1. The van der Waals surface area contributed by atoms with Gasteiger partial charge in [0.05, 0.1) is 14.2 Å². The first-order chi connectivity index (χ1) is 13.6. The van der Waals surface area contributed by atoms with Crippen LogP contribution in [0.3, 0.4) is 0 Å². The maximum atomic E-state index is 12.7. The van der Waals surface area contributed by atoms with E-state index >= 15 is 0 Å². The second-order valence-corrected chi connectivity index (χ2v) is 8.22. The van der Waals surface area contributed by atoms with Gasteiger partial charge in [0.1, 0.15) is 11.4 Å². The molecule has 0 radical (unpaired) electrons. The number of hydrogen-bond acceptors (Lipinski definition) is 7. The molecule has 0 saturated carbocycles. The number of rotatable bonds is 6. The Morgan fingerprint density at radius 2 is 1.69 bits per heavy atom. The van der Waals surface area contributed by atoms with E-state index in [0.29, 0.717) is 12.4 Å². The predicted octanol–water partition coefficient (Wildman–Crippen LogP) is 3.05. The largest absolute Gasteiger partial charge is 0.468 e. The Morgan fingerprint density at radius 1 is 1.10 bits per heavy atom. The van der Waals surface area contributed by atoms with Crippen LogP contribution in [0, 0.1) is 5.41 Å². The van der Waals surface area contributed by atoms with Crippen LogP contribution >= 0.6 is 0 Å². The fourth-order valence-corrected chi connectivity index (χ4v) is 3.39. The van der Waals surface area contributed by atoms with Crippen LogP contribution in [0.15, 0.2) is 12.3 Å². The van der Waals surface area contributed by atoms with E-state index in [1.54, 1.807) is 33.0 Å². The van der Waals surface area contributed by atoms with Gasteiger partial charge in [-0.15, -0.1) is 0 Å². The topological polar surface area (TPSA) is 95.0 Å². The number of nitrogens with zero attached hydrogens (tertiary/aromatic N) is 2. The lowest BCUT2D eigenvalue weighted by molar-refractivity contribution is -0.168. The van der Waals surface area contributed by atoms with Crippen molar-refractivity contribution < 1.29 is 28.6 Å². The molecule has 160 valence electrons. The molecule has 2 rings (SSSR count). The molecular formula is C21H30N2O6. The van der Waals surface area contributed by atoms with Crippen molar-refractivity contribution >= 4 is 23.8 Å². The molecule has 0 aromatic carbocycles. The Bertz CT molecular complexity index is 768. The molecule has 1 aromatic heterocycles. The Hall–Kier alpha value is -2.64. The van der Waals surface area contributed by atoms with Gasteiger partial charge in [0, 0.05) is 19.2 Å². The minimum Gasteiger partial charge on any atom is -0.468 e. The first-order valence-corrected chi connectivity index (χ1v) is 9.73. The summed E-state index contributed by atoms with van der Waals surface area (Å²) in [5.41, 5.74) is -0.546. The molecule has 0 spiro atoms. The third kappa shape index (κ3) is 4.86. The van der Waals surface area contributed by atoms with Crippen LogP contribution in [0.5, 0.6) is 0 Å². The average molecular weight is 406 g/mol. The van der Waals surface area contributed by atoms with Crippen molar-refractivity contribution in [1.82, 2.24) is 4.98 Å². The molecule has 1 heterocycles. The van der Waals surface area contributed by atoms with Crippen molar-refractivity contribution in [2.45, 2.75) is 59.0 Å². The summed E-state index contributed by atoms with van der Waals surface area (Å²) in [6.07, 6.45) is 3.08. The summed E-state index contributed by atoms with van der Waals surface area (Å²) >= 11 is 0. The molecule has 0 N–H and O–H groups in total. The number of methoxy groups -OCH3 is 2. The van der Waals surface area contributed by atoms with Crippen molar-refractivity contribution in [2.75, 3.05) is 25.7 Å². The van der Waals surface area contributed by atoms with Crippen LogP contribution in [0.1, 0.15) is 51.7 Å². The molecule has 1 aromatic rings. The van der Waals surface area contributed by atoms with E-state index in [-0.39, 0.29) is 12.8 Å². The number of esters is 2. The molecule has 1 aliphatic carbocycles. The van der Waals surface area contributed by atoms with Gasteiger partial charge < -0.3 is 14.2 Å². The molecule has 0 aliphatic heterocycles. The summed E-state index contributed by atoms with van der Waals surface area (Å²) in [6.45, 7) is 7.90. The number of ether oxygens (including phenoxy) is 3. The van der Waals surface area contributed by atoms with Gasteiger partial charge in [0.2, 0.25) is 0 Å². The molecule has 0 fully saturated rings. The van der Waals surface area contributed by atoms with Crippen LogP contribution < -0.4 is 4.90 Å². The van der Waals surface area contributed by atoms with Crippen LogP contribution in [0.4, 0.5) is 10.6 Å². The van der Waals surface area contributed by atoms with Crippen molar-refractivity contribution in [3.05, 3.63) is 23.4 Å². The zero-order valence-corrected chi connectivity index (χ0v) is 18.0. The number of amides is 1. The smallest absolute Gasteiger partial charge is 0.416 e. The summed E-state index contributed by atoms with van der Waals surface area (Å²) < 4.78 is 15.3. The van der Waals surface area contributed by atoms with Gasteiger partial charge >= 0.3 is 18.0 Å². The van der Waals surface area contributed by atoms with Crippen molar-refractivity contribution in [3.63, 3.8) is 0 Å². The van der Waals surface area contributed by atoms with Crippen LogP contribution in [0.25, 0.3) is 0 Å². The maximum Gasteiger partial charge on any atom is 0.416 e. The van der Waals surface area contributed by atoms with Crippen LogP contribution in [0.2, 0.25) is 0 Å². The van der Waals surface area contributed by atoms with Gasteiger partial charge in [0.15, 0.2) is 5.41 Å². The number of pyridine rings is 1. The standard InChI is InChI=1S/C21H30N2O6/c1-7-8-9-23(19(26)29-20(2,3)4)16-10-14-11-21(17(24)27-5,18(25)28-6)12-15(14)13-22-16/h10,13H,7-9,11-12H2,1-6H3. The summed E-state index contributed by atoms with van der Waals surface area (Å²) in [7, 11) is 2.49. The van der Waals surface area contributed by atoms with Gasteiger partial charge in [-0.2, -0.15) is 0 Å². The molecule has 29 heavy (non-hydrogen) atoms. The Morgan fingerprint density at radius 3 is 2.21 bits per heavy atom. The van der Waals surface area contributed by atoms with E-state index in [2.05, 4.69) is 4.98 Å². The summed E-state index contributed by atoms with van der Waals surface area (Å²) in [4.78, 5) is 43.4. The second-order valence-electron chi connectivity index (χ2n) is 8.22. The van der Waals surface area contributed by atoms with Crippen LogP contribution in [-0.4, -0.2) is 49.4 Å². The molecule has 0 bridgehead atoms. The summed E-state index contributed by atoms with van der Waals surface area (Å²) in [5, 5.41) is 0. The lowest BCUT2D eigenvalue weighted by atomic mass is 9.85. The second kappa shape index (κ2) is 8.80. The lowest BCUT2D eigenvalue weighted by Crippen LogP contribution is -2.42. The van der Waals surface area contributed by atoms with E-state index in [9.17, 15) is 14.4 Å². The minimum atomic E-state index is -1.42. The number of carbonyl (C=O) groups is 3. The van der Waals surface area contributed by atoms with E-state index in [1.165, 1.54) is 19.1 Å². The Balaban J connectivity index is 2.38. The van der Waals surface area contributed by atoms with Crippen molar-refractivity contribution in [1.29, 1.82) is 0 Å². The molecule has 8 heteroatoms. The highest BCUT2D eigenvalue weighted by molar-refractivity contribution is 6.01. The van der Waals surface area contributed by atoms with Gasteiger partial charge in [-0.3, -0.25) is 14.5 Å². The average Bonchev–Trinajstić information content (AvgIpc) is 3.05. The molecule has 0 unspecified atom stereocenters. The van der Waals surface area contributed by atoms with Gasteiger partial charge in [-0.1, -0.05) is 13.3 Å². The van der Waals surface area contributed by atoms with Crippen molar-refractivity contribution in [2.24, 2.45) is 5.41 Å².